The average Bonchev–Trinajstić information content (AvgIpc) is 3.06. The molecule has 2 N–H and O–H groups in total. The van der Waals surface area contributed by atoms with E-state index in [-0.39, 0.29) is 5.91 Å². The summed E-state index contributed by atoms with van der Waals surface area (Å²) in [5, 5.41) is 10.7. The Morgan fingerprint density at radius 2 is 2.35 bits per heavy atom. The Kier molecular flexibility index (Phi) is 4.76. The second-order valence-corrected chi connectivity index (χ2v) is 6.39. The number of hydrogen-bond donors (Lipinski definition) is 2. The Balaban J connectivity index is 1.63. The number of amides is 1. The van der Waals surface area contributed by atoms with Crippen molar-refractivity contribution in [2.75, 3.05) is 6.54 Å². The zero-order valence-corrected chi connectivity index (χ0v) is 13.7. The number of aryl methyl sites for hydroxylation is 1. The van der Waals surface area contributed by atoms with E-state index >= 15 is 0 Å². The van der Waals surface area contributed by atoms with E-state index in [2.05, 4.69) is 39.1 Å². The summed E-state index contributed by atoms with van der Waals surface area (Å²) in [6.45, 7) is 8.30. The summed E-state index contributed by atoms with van der Waals surface area (Å²) < 4.78 is 4.01. The van der Waals surface area contributed by atoms with Crippen molar-refractivity contribution in [3.8, 4) is 0 Å². The molecule has 0 saturated carbocycles. The van der Waals surface area contributed by atoms with Crippen LogP contribution in [0.2, 0.25) is 0 Å². The first-order valence-corrected chi connectivity index (χ1v) is 8.18. The molecule has 0 bridgehead atoms. The van der Waals surface area contributed by atoms with Crippen LogP contribution >= 0.6 is 0 Å². The maximum Gasteiger partial charge on any atom is 0.272 e. The lowest BCUT2D eigenvalue weighted by Crippen LogP contribution is -2.25. The molecule has 2 aromatic rings. The normalized spacial score (nSPS) is 14.6. The molecule has 0 atom stereocenters. The molecule has 0 unspecified atom stereocenters. The zero-order chi connectivity index (χ0) is 16.2. The minimum atomic E-state index is -0.136. The van der Waals surface area contributed by atoms with Crippen LogP contribution in [0.1, 0.15) is 42.1 Å². The molecule has 0 fully saturated rings. The van der Waals surface area contributed by atoms with Gasteiger partial charge in [-0.05, 0) is 24.9 Å². The molecule has 7 nitrogen and oxygen atoms in total. The molecule has 23 heavy (non-hydrogen) atoms. The summed E-state index contributed by atoms with van der Waals surface area (Å²) in [6.07, 6.45) is 4.64. The number of imidazole rings is 1. The molecule has 1 aliphatic heterocycles. The molecule has 0 aliphatic carbocycles. The fourth-order valence-corrected chi connectivity index (χ4v) is 2.79. The Labute approximate surface area is 136 Å². The van der Waals surface area contributed by atoms with Gasteiger partial charge in [0.1, 0.15) is 0 Å². The van der Waals surface area contributed by atoms with Gasteiger partial charge in [0, 0.05) is 25.8 Å². The van der Waals surface area contributed by atoms with Crippen molar-refractivity contribution in [1.29, 1.82) is 0 Å². The van der Waals surface area contributed by atoms with Gasteiger partial charge in [0.15, 0.2) is 5.69 Å². The fraction of sp³-hybridized carbons (Fsp3) is 0.562. The SMILES string of the molecule is CC(C)Cn1cncc1CNC(=O)c1cc2n(n1)CCCNC2. The molecule has 1 aliphatic rings. The summed E-state index contributed by atoms with van der Waals surface area (Å²) in [4.78, 5) is 16.5. The predicted octanol–water partition coefficient (Wildman–Crippen LogP) is 1.16. The Hall–Kier alpha value is -2.15. The average molecular weight is 316 g/mol. The second kappa shape index (κ2) is 6.95. The van der Waals surface area contributed by atoms with Crippen LogP contribution < -0.4 is 10.6 Å². The highest BCUT2D eigenvalue weighted by Gasteiger charge is 2.16. The number of rotatable bonds is 5. The van der Waals surface area contributed by atoms with E-state index in [9.17, 15) is 4.79 Å². The van der Waals surface area contributed by atoms with Gasteiger partial charge < -0.3 is 15.2 Å². The predicted molar refractivity (Wildman–Crippen MR) is 86.8 cm³/mol. The van der Waals surface area contributed by atoms with Gasteiger partial charge in [-0.15, -0.1) is 0 Å². The number of fused-ring (bicyclic) bond motifs is 1. The van der Waals surface area contributed by atoms with Crippen molar-refractivity contribution in [2.24, 2.45) is 5.92 Å². The van der Waals surface area contributed by atoms with E-state index in [1.807, 2.05) is 17.1 Å². The molecule has 0 radical (unpaired) electrons. The van der Waals surface area contributed by atoms with Crippen molar-refractivity contribution >= 4 is 5.91 Å². The monoisotopic (exact) mass is 316 g/mol. The maximum atomic E-state index is 12.3. The standard InChI is InChI=1S/C16H24N6O/c1-12(2)10-21-11-18-8-14(21)9-19-16(23)15-6-13-7-17-4-3-5-22(13)20-15/h6,8,11-12,17H,3-5,7,9-10H2,1-2H3,(H,19,23). The molecule has 3 heterocycles. The first-order valence-electron chi connectivity index (χ1n) is 8.18. The third-order valence-electron chi connectivity index (χ3n) is 3.92. The largest absolute Gasteiger partial charge is 0.345 e. The molecule has 7 heteroatoms. The number of nitrogens with one attached hydrogen (secondary N) is 2. The van der Waals surface area contributed by atoms with Crippen LogP contribution in [-0.2, 0) is 26.2 Å². The lowest BCUT2D eigenvalue weighted by atomic mass is 10.2. The number of hydrogen-bond acceptors (Lipinski definition) is 4. The van der Waals surface area contributed by atoms with Crippen molar-refractivity contribution in [1.82, 2.24) is 30.0 Å². The van der Waals surface area contributed by atoms with Crippen molar-refractivity contribution < 1.29 is 4.79 Å². The molecule has 0 aromatic carbocycles. The number of carbonyl (C=O) groups excluding carboxylic acids is 1. The highest BCUT2D eigenvalue weighted by atomic mass is 16.1. The summed E-state index contributed by atoms with van der Waals surface area (Å²) in [5.74, 6) is 0.401. The highest BCUT2D eigenvalue weighted by Crippen LogP contribution is 2.09. The third kappa shape index (κ3) is 3.79. The van der Waals surface area contributed by atoms with Crippen LogP contribution in [0.4, 0.5) is 0 Å². The smallest absolute Gasteiger partial charge is 0.272 e. The van der Waals surface area contributed by atoms with Crippen molar-refractivity contribution in [2.45, 2.75) is 46.4 Å². The minimum absolute atomic E-state index is 0.136. The first-order chi connectivity index (χ1) is 11.1. The summed E-state index contributed by atoms with van der Waals surface area (Å²) in [6, 6.07) is 1.87. The van der Waals surface area contributed by atoms with Crippen molar-refractivity contribution in [3.05, 3.63) is 35.7 Å². The summed E-state index contributed by atoms with van der Waals surface area (Å²) >= 11 is 0. The van der Waals surface area contributed by atoms with Gasteiger partial charge in [0.2, 0.25) is 0 Å². The van der Waals surface area contributed by atoms with E-state index < -0.39 is 0 Å². The van der Waals surface area contributed by atoms with E-state index in [0.717, 1.165) is 44.0 Å². The van der Waals surface area contributed by atoms with E-state index in [1.54, 1.807) is 6.20 Å². The Bertz CT molecular complexity index is 648. The maximum absolute atomic E-state index is 12.3. The van der Waals surface area contributed by atoms with E-state index in [4.69, 9.17) is 0 Å². The quantitative estimate of drug-likeness (QED) is 0.868. The van der Waals surface area contributed by atoms with Crippen molar-refractivity contribution in [3.63, 3.8) is 0 Å². The third-order valence-corrected chi connectivity index (χ3v) is 3.92. The molecular formula is C16H24N6O. The van der Waals surface area contributed by atoms with Gasteiger partial charge in [-0.25, -0.2) is 4.98 Å². The first kappa shape index (κ1) is 15.7. The molecule has 124 valence electrons. The van der Waals surface area contributed by atoms with Gasteiger partial charge in [-0.1, -0.05) is 13.8 Å². The van der Waals surface area contributed by atoms with E-state index in [1.165, 1.54) is 0 Å². The van der Waals surface area contributed by atoms with Gasteiger partial charge in [-0.3, -0.25) is 9.48 Å². The molecule has 1 amide bonds. The molecular weight excluding hydrogens is 292 g/mol. The number of aromatic nitrogens is 4. The summed E-state index contributed by atoms with van der Waals surface area (Å²) in [5.41, 5.74) is 2.56. The van der Waals surface area contributed by atoms with Gasteiger partial charge >= 0.3 is 0 Å². The summed E-state index contributed by atoms with van der Waals surface area (Å²) in [7, 11) is 0. The van der Waals surface area contributed by atoms with Crippen LogP contribution in [-0.4, -0.2) is 31.8 Å². The van der Waals surface area contributed by atoms with Crippen LogP contribution in [0.3, 0.4) is 0 Å². The fourth-order valence-electron chi connectivity index (χ4n) is 2.79. The van der Waals surface area contributed by atoms with Gasteiger partial charge in [0.05, 0.1) is 24.3 Å². The van der Waals surface area contributed by atoms with Gasteiger partial charge in [0.25, 0.3) is 5.91 Å². The Morgan fingerprint density at radius 3 is 3.17 bits per heavy atom. The molecule has 2 aromatic heterocycles. The highest BCUT2D eigenvalue weighted by molar-refractivity contribution is 5.92. The minimum Gasteiger partial charge on any atom is -0.345 e. The molecule has 0 spiro atoms. The second-order valence-electron chi connectivity index (χ2n) is 6.39. The molecule has 3 rings (SSSR count). The lowest BCUT2D eigenvalue weighted by Gasteiger charge is -2.10. The zero-order valence-electron chi connectivity index (χ0n) is 13.7. The topological polar surface area (TPSA) is 76.8 Å². The van der Waals surface area contributed by atoms with Crippen LogP contribution in [0.5, 0.6) is 0 Å². The van der Waals surface area contributed by atoms with Crippen LogP contribution in [0.25, 0.3) is 0 Å². The van der Waals surface area contributed by atoms with Crippen LogP contribution in [0.15, 0.2) is 18.6 Å². The lowest BCUT2D eigenvalue weighted by molar-refractivity contribution is 0.0944. The van der Waals surface area contributed by atoms with E-state index in [0.29, 0.717) is 18.2 Å². The number of carbonyl (C=O) groups is 1. The molecule has 0 saturated heterocycles. The number of nitrogens with zero attached hydrogens (tertiary/aromatic N) is 4. The van der Waals surface area contributed by atoms with Crippen LogP contribution in [0, 0.1) is 5.92 Å². The Morgan fingerprint density at radius 1 is 1.48 bits per heavy atom. The van der Waals surface area contributed by atoms with Gasteiger partial charge in [-0.2, -0.15) is 5.10 Å².